The van der Waals surface area contributed by atoms with Crippen LogP contribution in [0.2, 0.25) is 0 Å². The molecule has 6 nitrogen and oxygen atoms in total. The average Bonchev–Trinajstić information content (AvgIpc) is 2.71. The van der Waals surface area contributed by atoms with Crippen molar-refractivity contribution in [3.8, 4) is 6.07 Å². The third-order valence-corrected chi connectivity index (χ3v) is 4.31. The molecule has 1 amide bonds. The highest BCUT2D eigenvalue weighted by Crippen LogP contribution is 2.26. The maximum absolute atomic E-state index is 12.0. The number of carbonyl (C=O) groups is 1. The minimum Gasteiger partial charge on any atom is -0.337 e. The zero-order valence-electron chi connectivity index (χ0n) is 11.6. The molecule has 1 aromatic rings. The van der Waals surface area contributed by atoms with Crippen molar-refractivity contribution in [3.63, 3.8) is 0 Å². The summed E-state index contributed by atoms with van der Waals surface area (Å²) in [6.07, 6.45) is 5.79. The van der Waals surface area contributed by atoms with E-state index in [0.29, 0.717) is 5.16 Å². The van der Waals surface area contributed by atoms with Gasteiger partial charge in [0.1, 0.15) is 11.4 Å². The maximum atomic E-state index is 12.0. The molecule has 1 saturated carbocycles. The first-order chi connectivity index (χ1) is 9.63. The lowest BCUT2D eigenvalue weighted by atomic mass is 9.92. The summed E-state index contributed by atoms with van der Waals surface area (Å²) in [7, 11) is 0. The molecule has 0 atom stereocenters. The second-order valence-corrected chi connectivity index (χ2v) is 6.09. The lowest BCUT2D eigenvalue weighted by molar-refractivity contribution is -0.120. The number of nitrogens with one attached hydrogen (secondary N) is 2. The number of hydrogen-bond donors (Lipinski definition) is 2. The number of nitrogens with zero attached hydrogens (tertiary/aromatic N) is 3. The van der Waals surface area contributed by atoms with Crippen molar-refractivity contribution < 1.29 is 4.79 Å². The fourth-order valence-corrected chi connectivity index (χ4v) is 3.06. The van der Waals surface area contributed by atoms with Crippen molar-refractivity contribution in [2.45, 2.75) is 56.1 Å². The van der Waals surface area contributed by atoms with E-state index >= 15 is 0 Å². The van der Waals surface area contributed by atoms with Gasteiger partial charge in [-0.05, 0) is 19.8 Å². The average molecular weight is 293 g/mol. The molecule has 0 radical (unpaired) electrons. The molecule has 0 bridgehead atoms. The van der Waals surface area contributed by atoms with Crippen LogP contribution < -0.4 is 5.32 Å². The van der Waals surface area contributed by atoms with Gasteiger partial charge in [-0.25, -0.2) is 4.98 Å². The summed E-state index contributed by atoms with van der Waals surface area (Å²) in [5, 5.41) is 19.6. The number of H-pyrrole nitrogens is 1. The van der Waals surface area contributed by atoms with Crippen molar-refractivity contribution in [1.82, 2.24) is 20.5 Å². The van der Waals surface area contributed by atoms with Gasteiger partial charge in [-0.3, -0.25) is 9.89 Å². The molecule has 1 aliphatic carbocycles. The molecule has 0 spiro atoms. The molecular formula is C13H19N5OS. The van der Waals surface area contributed by atoms with Crippen molar-refractivity contribution in [1.29, 1.82) is 5.26 Å². The molecule has 20 heavy (non-hydrogen) atoms. The lowest BCUT2D eigenvalue weighted by Crippen LogP contribution is -2.47. The summed E-state index contributed by atoms with van der Waals surface area (Å²) < 4.78 is 0. The Morgan fingerprint density at radius 3 is 2.70 bits per heavy atom. The molecule has 0 unspecified atom stereocenters. The van der Waals surface area contributed by atoms with Crippen LogP contribution >= 0.6 is 11.8 Å². The minimum absolute atomic E-state index is 0.124. The Labute approximate surface area is 122 Å². The molecule has 108 valence electrons. The van der Waals surface area contributed by atoms with Crippen LogP contribution in [0.4, 0.5) is 0 Å². The molecule has 1 fully saturated rings. The number of nitriles is 1. The Balaban J connectivity index is 1.87. The van der Waals surface area contributed by atoms with Gasteiger partial charge in [-0.2, -0.15) is 5.26 Å². The number of carbonyl (C=O) groups excluding carboxylic acids is 1. The molecule has 7 heteroatoms. The SMILES string of the molecule is Cc1nc(SCC(=O)NC2(C#N)CCCCCC2)n[nH]1. The van der Waals surface area contributed by atoms with Crippen LogP contribution in [0.25, 0.3) is 0 Å². The van der Waals surface area contributed by atoms with Gasteiger partial charge >= 0.3 is 0 Å². The van der Waals surface area contributed by atoms with E-state index in [1.165, 1.54) is 11.8 Å². The Morgan fingerprint density at radius 2 is 2.15 bits per heavy atom. The number of thioether (sulfide) groups is 1. The Morgan fingerprint density at radius 1 is 1.45 bits per heavy atom. The van der Waals surface area contributed by atoms with Crippen LogP contribution in [0.3, 0.4) is 0 Å². The fourth-order valence-electron chi connectivity index (χ4n) is 2.42. The number of aromatic amines is 1. The number of hydrogen-bond acceptors (Lipinski definition) is 5. The second-order valence-electron chi connectivity index (χ2n) is 5.15. The number of aryl methyl sites for hydroxylation is 1. The highest BCUT2D eigenvalue weighted by molar-refractivity contribution is 7.99. The van der Waals surface area contributed by atoms with Gasteiger partial charge in [0.05, 0.1) is 11.8 Å². The smallest absolute Gasteiger partial charge is 0.231 e. The Kier molecular flexibility index (Phi) is 5.01. The van der Waals surface area contributed by atoms with Crippen molar-refractivity contribution in [2.24, 2.45) is 0 Å². The summed E-state index contributed by atoms with van der Waals surface area (Å²) in [5.41, 5.74) is -0.678. The monoisotopic (exact) mass is 293 g/mol. The molecule has 0 aliphatic heterocycles. The van der Waals surface area contributed by atoms with Gasteiger partial charge < -0.3 is 5.32 Å². The number of aromatic nitrogens is 3. The summed E-state index contributed by atoms with van der Waals surface area (Å²) in [5.74, 6) is 0.840. The van der Waals surface area contributed by atoms with E-state index in [-0.39, 0.29) is 11.7 Å². The summed E-state index contributed by atoms with van der Waals surface area (Å²) in [6, 6.07) is 2.31. The van der Waals surface area contributed by atoms with E-state index in [4.69, 9.17) is 0 Å². The molecule has 0 aromatic carbocycles. The van der Waals surface area contributed by atoms with E-state index in [2.05, 4.69) is 26.6 Å². The van der Waals surface area contributed by atoms with Gasteiger partial charge in [0.2, 0.25) is 11.1 Å². The van der Waals surface area contributed by atoms with Crippen molar-refractivity contribution in [2.75, 3.05) is 5.75 Å². The predicted octanol–water partition coefficient (Wildman–Crippen LogP) is 1.94. The molecule has 2 rings (SSSR count). The van der Waals surface area contributed by atoms with Gasteiger partial charge in [0.25, 0.3) is 0 Å². The minimum atomic E-state index is -0.678. The van der Waals surface area contributed by atoms with Crippen molar-refractivity contribution in [3.05, 3.63) is 5.82 Å². The zero-order chi connectivity index (χ0) is 14.4. The first-order valence-electron chi connectivity index (χ1n) is 6.88. The first kappa shape index (κ1) is 14.9. The normalized spacial score (nSPS) is 18.0. The third-order valence-electron chi connectivity index (χ3n) is 3.46. The van der Waals surface area contributed by atoms with Gasteiger partial charge in [-0.15, -0.1) is 5.10 Å². The number of rotatable bonds is 4. The van der Waals surface area contributed by atoms with Gasteiger partial charge in [0, 0.05) is 0 Å². The van der Waals surface area contributed by atoms with Crippen LogP contribution in [0.1, 0.15) is 44.3 Å². The van der Waals surface area contributed by atoms with Crippen LogP contribution in [-0.4, -0.2) is 32.4 Å². The van der Waals surface area contributed by atoms with E-state index in [1.54, 1.807) is 0 Å². The van der Waals surface area contributed by atoms with Crippen LogP contribution in [0.5, 0.6) is 0 Å². The van der Waals surface area contributed by atoms with E-state index in [9.17, 15) is 10.1 Å². The zero-order valence-corrected chi connectivity index (χ0v) is 12.4. The molecule has 0 saturated heterocycles. The molecule has 2 N–H and O–H groups in total. The third kappa shape index (κ3) is 3.97. The van der Waals surface area contributed by atoms with Gasteiger partial charge in [-0.1, -0.05) is 37.4 Å². The lowest BCUT2D eigenvalue weighted by Gasteiger charge is -2.26. The Bertz CT molecular complexity index is 499. The van der Waals surface area contributed by atoms with Crippen LogP contribution in [0, 0.1) is 18.3 Å². The van der Waals surface area contributed by atoms with Gasteiger partial charge in [0.15, 0.2) is 0 Å². The molecule has 1 heterocycles. The van der Waals surface area contributed by atoms with Crippen LogP contribution in [-0.2, 0) is 4.79 Å². The second kappa shape index (κ2) is 6.75. The standard InChI is InChI=1S/C13H19N5OS/c1-10-15-12(18-17-10)20-8-11(19)16-13(9-14)6-4-2-3-5-7-13/h2-8H2,1H3,(H,16,19)(H,15,17,18). The topological polar surface area (TPSA) is 94.5 Å². The Hall–Kier alpha value is -1.55. The summed E-state index contributed by atoms with van der Waals surface area (Å²) in [4.78, 5) is 16.2. The van der Waals surface area contributed by atoms with Crippen molar-refractivity contribution >= 4 is 17.7 Å². The first-order valence-corrected chi connectivity index (χ1v) is 7.86. The van der Waals surface area contributed by atoms with E-state index in [1.807, 2.05) is 6.92 Å². The molecule has 1 aromatic heterocycles. The largest absolute Gasteiger partial charge is 0.337 e. The number of amides is 1. The fraction of sp³-hybridized carbons (Fsp3) is 0.692. The highest BCUT2D eigenvalue weighted by Gasteiger charge is 2.32. The summed E-state index contributed by atoms with van der Waals surface area (Å²) in [6.45, 7) is 1.81. The predicted molar refractivity (Wildman–Crippen MR) is 76.0 cm³/mol. The summed E-state index contributed by atoms with van der Waals surface area (Å²) >= 11 is 1.28. The van der Waals surface area contributed by atoms with E-state index in [0.717, 1.165) is 44.3 Å². The highest BCUT2D eigenvalue weighted by atomic mass is 32.2. The quantitative estimate of drug-likeness (QED) is 0.653. The maximum Gasteiger partial charge on any atom is 0.231 e. The van der Waals surface area contributed by atoms with E-state index < -0.39 is 5.54 Å². The molecular weight excluding hydrogens is 274 g/mol. The van der Waals surface area contributed by atoms with Crippen LogP contribution in [0.15, 0.2) is 5.16 Å². The molecule has 1 aliphatic rings.